The molecule has 0 aliphatic carbocycles. The zero-order valence-electron chi connectivity index (χ0n) is 17.5. The molecule has 0 amide bonds. The van der Waals surface area contributed by atoms with Crippen LogP contribution in [0, 0.1) is 0 Å². The first-order chi connectivity index (χ1) is 14.7. The zero-order chi connectivity index (χ0) is 21.4. The number of aryl methyl sites for hydroxylation is 1. The molecule has 1 atom stereocenters. The van der Waals surface area contributed by atoms with Crippen molar-refractivity contribution in [1.82, 2.24) is 5.32 Å². The molecule has 0 aliphatic heterocycles. The highest BCUT2D eigenvalue weighted by Gasteiger charge is 2.15. The molecule has 4 nitrogen and oxygen atoms in total. The Labute approximate surface area is 179 Å². The SMILES string of the molecule is CCOC(=O)[C@H](O)CCc1ccccc1.c1ccc(CNCc2ccccc2)cc1. The third kappa shape index (κ3) is 9.50. The summed E-state index contributed by atoms with van der Waals surface area (Å²) in [4.78, 5) is 11.1. The Balaban J connectivity index is 0.000000214. The van der Waals surface area contributed by atoms with Gasteiger partial charge in [0.25, 0.3) is 0 Å². The maximum atomic E-state index is 11.1. The van der Waals surface area contributed by atoms with Gasteiger partial charge in [0.2, 0.25) is 0 Å². The van der Waals surface area contributed by atoms with Crippen molar-refractivity contribution in [3.05, 3.63) is 108 Å². The van der Waals surface area contributed by atoms with Gasteiger partial charge in [-0.25, -0.2) is 4.79 Å². The fraction of sp³-hybridized carbons (Fsp3) is 0.269. The smallest absolute Gasteiger partial charge is 0.334 e. The topological polar surface area (TPSA) is 58.6 Å². The summed E-state index contributed by atoms with van der Waals surface area (Å²) in [5.74, 6) is -0.534. The first-order valence-electron chi connectivity index (χ1n) is 10.4. The maximum absolute atomic E-state index is 11.1. The van der Waals surface area contributed by atoms with Crippen LogP contribution >= 0.6 is 0 Å². The van der Waals surface area contributed by atoms with Crippen LogP contribution in [0.4, 0.5) is 0 Å². The van der Waals surface area contributed by atoms with Gasteiger partial charge in [0, 0.05) is 13.1 Å². The van der Waals surface area contributed by atoms with E-state index in [4.69, 9.17) is 4.74 Å². The Kier molecular flexibility index (Phi) is 11.0. The predicted molar refractivity (Wildman–Crippen MR) is 121 cm³/mol. The van der Waals surface area contributed by atoms with E-state index in [9.17, 15) is 9.90 Å². The van der Waals surface area contributed by atoms with Crippen LogP contribution in [0.2, 0.25) is 0 Å². The molecule has 0 heterocycles. The van der Waals surface area contributed by atoms with Gasteiger partial charge >= 0.3 is 5.97 Å². The van der Waals surface area contributed by atoms with Crippen molar-refractivity contribution in [2.24, 2.45) is 0 Å². The largest absolute Gasteiger partial charge is 0.464 e. The average Bonchev–Trinajstić information content (AvgIpc) is 2.80. The Hall–Kier alpha value is -2.95. The summed E-state index contributed by atoms with van der Waals surface area (Å²) in [6, 6.07) is 30.7. The third-order valence-electron chi connectivity index (χ3n) is 4.45. The molecule has 30 heavy (non-hydrogen) atoms. The van der Waals surface area contributed by atoms with Crippen molar-refractivity contribution in [3.8, 4) is 0 Å². The molecule has 0 bridgehead atoms. The molecular weight excluding hydrogens is 374 g/mol. The summed E-state index contributed by atoms with van der Waals surface area (Å²) < 4.78 is 4.70. The molecule has 0 aromatic heterocycles. The number of hydrogen-bond donors (Lipinski definition) is 2. The van der Waals surface area contributed by atoms with Gasteiger partial charge in [0.05, 0.1) is 6.61 Å². The minimum Gasteiger partial charge on any atom is -0.464 e. The van der Waals surface area contributed by atoms with Crippen molar-refractivity contribution in [2.75, 3.05) is 6.61 Å². The summed E-state index contributed by atoms with van der Waals surface area (Å²) in [6.07, 6.45) is 0.0779. The number of aliphatic hydroxyl groups excluding tert-OH is 1. The van der Waals surface area contributed by atoms with Gasteiger partial charge in [-0.3, -0.25) is 0 Å². The number of carbonyl (C=O) groups is 1. The summed E-state index contributed by atoms with van der Waals surface area (Å²) in [5, 5.41) is 12.9. The van der Waals surface area contributed by atoms with E-state index in [0.29, 0.717) is 19.4 Å². The molecule has 158 valence electrons. The molecule has 0 saturated heterocycles. The van der Waals surface area contributed by atoms with E-state index >= 15 is 0 Å². The van der Waals surface area contributed by atoms with Crippen molar-refractivity contribution in [2.45, 2.75) is 39.0 Å². The Bertz CT molecular complexity index is 783. The van der Waals surface area contributed by atoms with E-state index < -0.39 is 12.1 Å². The molecule has 0 aliphatic rings. The fourth-order valence-corrected chi connectivity index (χ4v) is 2.85. The number of rotatable bonds is 9. The van der Waals surface area contributed by atoms with Gasteiger partial charge in [0.1, 0.15) is 0 Å². The Morgan fingerprint density at radius 2 is 1.23 bits per heavy atom. The molecule has 3 aromatic carbocycles. The molecule has 0 spiro atoms. The number of carbonyl (C=O) groups excluding carboxylic acids is 1. The lowest BCUT2D eigenvalue weighted by molar-refractivity contribution is -0.153. The van der Waals surface area contributed by atoms with Crippen molar-refractivity contribution in [1.29, 1.82) is 0 Å². The Morgan fingerprint density at radius 3 is 1.67 bits per heavy atom. The number of ether oxygens (including phenoxy) is 1. The molecule has 3 aromatic rings. The number of hydrogen-bond acceptors (Lipinski definition) is 4. The van der Waals surface area contributed by atoms with Crippen LogP contribution < -0.4 is 5.32 Å². The average molecular weight is 406 g/mol. The van der Waals surface area contributed by atoms with Crippen LogP contribution in [-0.2, 0) is 29.0 Å². The van der Waals surface area contributed by atoms with Crippen LogP contribution in [0.15, 0.2) is 91.0 Å². The lowest BCUT2D eigenvalue weighted by Crippen LogP contribution is -2.23. The second-order valence-electron chi connectivity index (χ2n) is 6.87. The molecule has 2 N–H and O–H groups in total. The second-order valence-corrected chi connectivity index (χ2v) is 6.87. The first-order valence-corrected chi connectivity index (χ1v) is 10.4. The first kappa shape index (κ1) is 23.3. The summed E-state index contributed by atoms with van der Waals surface area (Å²) in [6.45, 7) is 3.88. The quantitative estimate of drug-likeness (QED) is 0.514. The molecule has 0 unspecified atom stereocenters. The van der Waals surface area contributed by atoms with Crippen molar-refractivity contribution < 1.29 is 14.6 Å². The van der Waals surface area contributed by atoms with Gasteiger partial charge in [-0.15, -0.1) is 0 Å². The number of nitrogens with one attached hydrogen (secondary N) is 1. The summed E-state index contributed by atoms with van der Waals surface area (Å²) >= 11 is 0. The van der Waals surface area contributed by atoms with E-state index in [-0.39, 0.29) is 0 Å². The van der Waals surface area contributed by atoms with Gasteiger partial charge in [-0.1, -0.05) is 91.0 Å². The lowest BCUT2D eigenvalue weighted by Gasteiger charge is -2.09. The Morgan fingerprint density at radius 1 is 0.800 bits per heavy atom. The third-order valence-corrected chi connectivity index (χ3v) is 4.45. The lowest BCUT2D eigenvalue weighted by atomic mass is 10.1. The minimum absolute atomic E-state index is 0.307. The summed E-state index contributed by atoms with van der Waals surface area (Å²) in [5.41, 5.74) is 3.77. The molecule has 4 heteroatoms. The van der Waals surface area contributed by atoms with Crippen LogP contribution in [0.5, 0.6) is 0 Å². The molecule has 0 saturated carbocycles. The number of benzene rings is 3. The van der Waals surface area contributed by atoms with Crippen LogP contribution in [0.1, 0.15) is 30.0 Å². The van der Waals surface area contributed by atoms with E-state index in [1.807, 2.05) is 42.5 Å². The van der Waals surface area contributed by atoms with Crippen LogP contribution in [0.25, 0.3) is 0 Å². The highest BCUT2D eigenvalue weighted by atomic mass is 16.5. The van der Waals surface area contributed by atoms with Gasteiger partial charge < -0.3 is 15.2 Å². The van der Waals surface area contributed by atoms with Crippen molar-refractivity contribution in [3.63, 3.8) is 0 Å². The normalized spacial score (nSPS) is 11.1. The van der Waals surface area contributed by atoms with Crippen LogP contribution in [-0.4, -0.2) is 23.8 Å². The summed E-state index contributed by atoms with van der Waals surface area (Å²) in [7, 11) is 0. The molecule has 0 fully saturated rings. The zero-order valence-corrected chi connectivity index (χ0v) is 17.5. The second kappa shape index (κ2) is 14.1. The van der Waals surface area contributed by atoms with Gasteiger partial charge in [0.15, 0.2) is 6.10 Å². The molecule has 3 rings (SSSR count). The van der Waals surface area contributed by atoms with Gasteiger partial charge in [-0.05, 0) is 36.5 Å². The van der Waals surface area contributed by atoms with E-state index in [1.54, 1.807) is 6.92 Å². The van der Waals surface area contributed by atoms with E-state index in [1.165, 1.54) is 11.1 Å². The highest BCUT2D eigenvalue weighted by Crippen LogP contribution is 2.06. The highest BCUT2D eigenvalue weighted by molar-refractivity contribution is 5.74. The van der Waals surface area contributed by atoms with Gasteiger partial charge in [-0.2, -0.15) is 0 Å². The van der Waals surface area contributed by atoms with Crippen LogP contribution in [0.3, 0.4) is 0 Å². The molecule has 0 radical (unpaired) electrons. The standard InChI is InChI=1S/C14H15N.C12H16O3/c1-3-7-13(8-4-1)11-15-12-14-9-5-2-6-10-14;1-2-15-12(14)11(13)9-8-10-6-4-3-5-7-10/h1-10,15H,11-12H2;3-7,11,13H,2,8-9H2,1H3/t;11-/m.1/s1. The van der Waals surface area contributed by atoms with E-state index in [0.717, 1.165) is 18.7 Å². The van der Waals surface area contributed by atoms with Crippen molar-refractivity contribution >= 4 is 5.97 Å². The predicted octanol–water partition coefficient (Wildman–Crippen LogP) is 4.52. The monoisotopic (exact) mass is 405 g/mol. The number of esters is 1. The maximum Gasteiger partial charge on any atom is 0.334 e. The fourth-order valence-electron chi connectivity index (χ4n) is 2.85. The molecular formula is C26H31NO3. The minimum atomic E-state index is -1.01. The van der Waals surface area contributed by atoms with E-state index in [2.05, 4.69) is 53.8 Å². The number of aliphatic hydroxyl groups is 1.